The number of aryl methyl sites for hydroxylation is 1. The number of unbranched alkanes of at least 4 members (excludes halogenated alkanes) is 1. The van der Waals surface area contributed by atoms with Gasteiger partial charge in [0.15, 0.2) is 0 Å². The van der Waals surface area contributed by atoms with Crippen molar-refractivity contribution in [3.8, 4) is 0 Å². The molecule has 2 heteroatoms. The highest BCUT2D eigenvalue weighted by molar-refractivity contribution is 7.99. The monoisotopic (exact) mass is 235 g/mol. The molecule has 1 nitrogen and oxygen atoms in total. The summed E-state index contributed by atoms with van der Waals surface area (Å²) >= 11 is 2.01. The van der Waals surface area contributed by atoms with Crippen molar-refractivity contribution in [2.45, 2.75) is 37.0 Å². The summed E-state index contributed by atoms with van der Waals surface area (Å²) in [5.74, 6) is 2.32. The maximum atomic E-state index is 5.49. The fourth-order valence-corrected chi connectivity index (χ4v) is 2.81. The minimum atomic E-state index is 0.815. The van der Waals surface area contributed by atoms with Crippen LogP contribution in [0.2, 0.25) is 0 Å². The van der Waals surface area contributed by atoms with Crippen LogP contribution >= 0.6 is 11.8 Å². The number of benzene rings is 1. The quantitative estimate of drug-likeness (QED) is 0.578. The van der Waals surface area contributed by atoms with Gasteiger partial charge in [-0.05, 0) is 62.3 Å². The van der Waals surface area contributed by atoms with Crippen LogP contribution in [0.25, 0.3) is 0 Å². The van der Waals surface area contributed by atoms with Gasteiger partial charge in [0.2, 0.25) is 0 Å². The number of hydrogen-bond donors (Lipinski definition) is 1. The van der Waals surface area contributed by atoms with E-state index in [9.17, 15) is 0 Å². The Balaban J connectivity index is 1.74. The van der Waals surface area contributed by atoms with E-state index in [2.05, 4.69) is 24.3 Å². The van der Waals surface area contributed by atoms with Gasteiger partial charge in [-0.25, -0.2) is 0 Å². The fourth-order valence-electron chi connectivity index (χ4n) is 1.72. The number of rotatable bonds is 7. The van der Waals surface area contributed by atoms with Crippen LogP contribution in [0.5, 0.6) is 0 Å². The lowest BCUT2D eigenvalue weighted by molar-refractivity contribution is 0.744. The van der Waals surface area contributed by atoms with E-state index in [0.717, 1.165) is 18.9 Å². The number of hydrogen-bond acceptors (Lipinski definition) is 2. The summed E-state index contributed by atoms with van der Waals surface area (Å²) in [6.45, 7) is 0.815. The van der Waals surface area contributed by atoms with Crippen molar-refractivity contribution in [2.24, 2.45) is 11.7 Å². The lowest BCUT2D eigenvalue weighted by atomic mass is 10.1. The molecular formula is C14H21NS. The molecular weight excluding hydrogens is 214 g/mol. The highest BCUT2D eigenvalue weighted by Crippen LogP contribution is 2.35. The van der Waals surface area contributed by atoms with Gasteiger partial charge in [-0.15, -0.1) is 11.8 Å². The topological polar surface area (TPSA) is 26.0 Å². The summed E-state index contributed by atoms with van der Waals surface area (Å²) in [7, 11) is 0. The van der Waals surface area contributed by atoms with Gasteiger partial charge in [-0.1, -0.05) is 12.1 Å². The standard InChI is InChI=1S/C14H21NS/c15-10-2-1-3-12-6-8-14(9-7-12)16-11-13-4-5-13/h6-9,13H,1-5,10-11,15H2. The molecule has 1 aliphatic carbocycles. The van der Waals surface area contributed by atoms with E-state index in [4.69, 9.17) is 5.73 Å². The van der Waals surface area contributed by atoms with Gasteiger partial charge in [-0.2, -0.15) is 0 Å². The Morgan fingerprint density at radius 2 is 1.88 bits per heavy atom. The van der Waals surface area contributed by atoms with Crippen LogP contribution in [0.3, 0.4) is 0 Å². The molecule has 0 heterocycles. The molecule has 1 aromatic carbocycles. The predicted molar refractivity (Wildman–Crippen MR) is 71.9 cm³/mol. The van der Waals surface area contributed by atoms with Crippen molar-refractivity contribution in [1.29, 1.82) is 0 Å². The van der Waals surface area contributed by atoms with Crippen LogP contribution in [0.4, 0.5) is 0 Å². The van der Waals surface area contributed by atoms with E-state index in [-0.39, 0.29) is 0 Å². The molecule has 1 aliphatic rings. The third-order valence-corrected chi connectivity index (χ3v) is 4.27. The van der Waals surface area contributed by atoms with Gasteiger partial charge in [-0.3, -0.25) is 0 Å². The Labute approximate surface area is 103 Å². The van der Waals surface area contributed by atoms with E-state index in [0.29, 0.717) is 0 Å². The Morgan fingerprint density at radius 3 is 2.50 bits per heavy atom. The van der Waals surface area contributed by atoms with Gasteiger partial charge in [0, 0.05) is 10.6 Å². The third-order valence-electron chi connectivity index (χ3n) is 3.03. The van der Waals surface area contributed by atoms with E-state index in [1.54, 1.807) is 0 Å². The molecule has 16 heavy (non-hydrogen) atoms. The molecule has 2 rings (SSSR count). The van der Waals surface area contributed by atoms with Crippen molar-refractivity contribution in [2.75, 3.05) is 12.3 Å². The van der Waals surface area contributed by atoms with Crippen molar-refractivity contribution in [1.82, 2.24) is 0 Å². The van der Waals surface area contributed by atoms with Gasteiger partial charge in [0.1, 0.15) is 0 Å². The molecule has 1 aromatic rings. The highest BCUT2D eigenvalue weighted by Gasteiger charge is 2.20. The normalized spacial score (nSPS) is 15.3. The fraction of sp³-hybridized carbons (Fsp3) is 0.571. The Bertz CT molecular complexity index is 303. The molecule has 88 valence electrons. The smallest absolute Gasteiger partial charge is 0.00722 e. The highest BCUT2D eigenvalue weighted by atomic mass is 32.2. The second-order valence-corrected chi connectivity index (χ2v) is 5.74. The van der Waals surface area contributed by atoms with Crippen LogP contribution in [0.15, 0.2) is 29.2 Å². The maximum Gasteiger partial charge on any atom is 0.00722 e. The molecule has 0 atom stereocenters. The second-order valence-electron chi connectivity index (χ2n) is 4.64. The van der Waals surface area contributed by atoms with Gasteiger partial charge in [0.05, 0.1) is 0 Å². The first-order chi connectivity index (χ1) is 7.88. The molecule has 0 radical (unpaired) electrons. The first-order valence-electron chi connectivity index (χ1n) is 6.30. The molecule has 0 spiro atoms. The summed E-state index contributed by atoms with van der Waals surface area (Å²) in [6.07, 6.45) is 6.42. The van der Waals surface area contributed by atoms with E-state index >= 15 is 0 Å². The molecule has 0 aromatic heterocycles. The second kappa shape index (κ2) is 6.31. The van der Waals surface area contributed by atoms with E-state index in [1.165, 1.54) is 41.9 Å². The number of thioether (sulfide) groups is 1. The van der Waals surface area contributed by atoms with Gasteiger partial charge in [0.25, 0.3) is 0 Å². The average molecular weight is 235 g/mol. The molecule has 1 saturated carbocycles. The molecule has 0 aliphatic heterocycles. The summed E-state index contributed by atoms with van der Waals surface area (Å²) in [5, 5.41) is 0. The molecule has 0 amide bonds. The summed E-state index contributed by atoms with van der Waals surface area (Å²) in [6, 6.07) is 9.08. The Morgan fingerprint density at radius 1 is 1.12 bits per heavy atom. The van der Waals surface area contributed by atoms with Crippen LogP contribution in [-0.4, -0.2) is 12.3 Å². The minimum absolute atomic E-state index is 0.815. The maximum absolute atomic E-state index is 5.49. The zero-order valence-electron chi connectivity index (χ0n) is 9.82. The van der Waals surface area contributed by atoms with Crippen molar-refractivity contribution < 1.29 is 0 Å². The molecule has 0 unspecified atom stereocenters. The minimum Gasteiger partial charge on any atom is -0.330 e. The van der Waals surface area contributed by atoms with Crippen LogP contribution in [0.1, 0.15) is 31.2 Å². The first kappa shape index (κ1) is 12.0. The van der Waals surface area contributed by atoms with Crippen molar-refractivity contribution in [3.63, 3.8) is 0 Å². The van der Waals surface area contributed by atoms with E-state index < -0.39 is 0 Å². The van der Waals surface area contributed by atoms with Gasteiger partial charge < -0.3 is 5.73 Å². The van der Waals surface area contributed by atoms with Crippen molar-refractivity contribution >= 4 is 11.8 Å². The summed E-state index contributed by atoms with van der Waals surface area (Å²) in [5.41, 5.74) is 6.94. The molecule has 0 saturated heterocycles. The average Bonchev–Trinajstić information content (AvgIpc) is 3.12. The summed E-state index contributed by atoms with van der Waals surface area (Å²) in [4.78, 5) is 1.43. The van der Waals surface area contributed by atoms with Gasteiger partial charge >= 0.3 is 0 Å². The van der Waals surface area contributed by atoms with Crippen LogP contribution in [-0.2, 0) is 6.42 Å². The first-order valence-corrected chi connectivity index (χ1v) is 7.29. The largest absolute Gasteiger partial charge is 0.330 e. The van der Waals surface area contributed by atoms with Crippen molar-refractivity contribution in [3.05, 3.63) is 29.8 Å². The predicted octanol–water partition coefficient (Wildman–Crippen LogP) is 3.47. The lowest BCUT2D eigenvalue weighted by Gasteiger charge is -2.03. The van der Waals surface area contributed by atoms with Crippen LogP contribution in [0, 0.1) is 5.92 Å². The molecule has 1 fully saturated rings. The molecule has 2 N–H and O–H groups in total. The molecule has 0 bridgehead atoms. The zero-order chi connectivity index (χ0) is 11.2. The third kappa shape index (κ3) is 4.18. The lowest BCUT2D eigenvalue weighted by Crippen LogP contribution is -1.98. The SMILES string of the molecule is NCCCCc1ccc(SCC2CC2)cc1. The summed E-state index contributed by atoms with van der Waals surface area (Å²) < 4.78 is 0. The van der Waals surface area contributed by atoms with Crippen LogP contribution < -0.4 is 5.73 Å². The van der Waals surface area contributed by atoms with E-state index in [1.807, 2.05) is 11.8 Å². The Hall–Kier alpha value is -0.470. The Kier molecular flexibility index (Phi) is 4.73. The zero-order valence-corrected chi connectivity index (χ0v) is 10.6. The number of nitrogens with two attached hydrogens (primary N) is 1.